The summed E-state index contributed by atoms with van der Waals surface area (Å²) in [4.78, 5) is 34.0. The minimum Gasteiger partial charge on any atom is -0.355 e. The fraction of sp³-hybridized carbons (Fsp3) is 0.167. The maximum atomic E-state index is 13.7. The van der Waals surface area contributed by atoms with Crippen LogP contribution in [0.2, 0.25) is 5.02 Å². The van der Waals surface area contributed by atoms with Crippen molar-refractivity contribution >= 4 is 50.8 Å². The third kappa shape index (κ3) is 5.18. The summed E-state index contributed by atoms with van der Waals surface area (Å²) in [6.07, 6.45) is 2.64. The van der Waals surface area contributed by atoms with Crippen LogP contribution in [0.5, 0.6) is 0 Å². The van der Waals surface area contributed by atoms with Gasteiger partial charge in [0.1, 0.15) is 16.6 Å². The number of anilines is 2. The highest BCUT2D eigenvalue weighted by atomic mass is 35.5. The van der Waals surface area contributed by atoms with Crippen molar-refractivity contribution in [3.8, 4) is 6.07 Å². The molecule has 1 aliphatic heterocycles. The second kappa shape index (κ2) is 10.5. The number of pyridine rings is 2. The first kappa shape index (κ1) is 26.7. The van der Waals surface area contributed by atoms with Crippen molar-refractivity contribution < 1.29 is 22.6 Å². The lowest BCUT2D eigenvalue weighted by Crippen LogP contribution is -2.39. The maximum Gasteiger partial charge on any atom is 0.296 e. The predicted octanol–water partition coefficient (Wildman–Crippen LogP) is 2.54. The van der Waals surface area contributed by atoms with Crippen LogP contribution < -0.4 is 15.6 Å². The number of nitrogens with one attached hydrogen (secondary N) is 2. The average Bonchev–Trinajstić information content (AvgIpc) is 3.34. The van der Waals surface area contributed by atoms with Crippen molar-refractivity contribution in [2.75, 3.05) is 17.4 Å². The zero-order valence-corrected chi connectivity index (χ0v) is 21.6. The highest BCUT2D eigenvalue weighted by Crippen LogP contribution is 2.33. The summed E-state index contributed by atoms with van der Waals surface area (Å²) in [6, 6.07) is 9.41. The summed E-state index contributed by atoms with van der Waals surface area (Å²) in [5, 5.41) is 20.4. The predicted molar refractivity (Wildman–Crippen MR) is 139 cm³/mol. The Hall–Kier alpha value is -4.38. The Morgan fingerprint density at radius 2 is 1.92 bits per heavy atom. The summed E-state index contributed by atoms with van der Waals surface area (Å²) in [7, 11) is -3.23. The lowest BCUT2D eigenvalue weighted by Gasteiger charge is -2.23. The van der Waals surface area contributed by atoms with E-state index in [1.165, 1.54) is 48.7 Å². The molecule has 0 bridgehead atoms. The molecule has 1 unspecified atom stereocenters. The summed E-state index contributed by atoms with van der Waals surface area (Å²) < 4.78 is 33.6. The average molecular weight is 554 g/mol. The summed E-state index contributed by atoms with van der Waals surface area (Å²) in [5.41, 5.74) is 0.921. The van der Waals surface area contributed by atoms with E-state index in [0.29, 0.717) is 5.56 Å². The van der Waals surface area contributed by atoms with E-state index in [0.717, 1.165) is 0 Å². The number of hydrazone groups is 1. The minimum absolute atomic E-state index is 0.0809. The molecule has 3 heterocycles. The van der Waals surface area contributed by atoms with Crippen LogP contribution in [0.15, 0.2) is 58.8 Å². The standard InChI is InChI=1S/C24H20ClN7O5S/c1-13-9-14(12-26)10-15(23(33)27-2)20(13)30-24(34)18-11-17(21-19(38(35,36)37)6-4-7-28-21)31-32(18)22-16(25)5-3-8-29-22/h3-10,18H,11H2,1-2H3,(H,27,33)(H,30,34)(H,35,36,37). The van der Waals surface area contributed by atoms with Gasteiger partial charge in [-0.25, -0.2) is 9.99 Å². The molecule has 12 nitrogen and oxygen atoms in total. The first-order chi connectivity index (χ1) is 18.0. The van der Waals surface area contributed by atoms with Gasteiger partial charge in [0.2, 0.25) is 5.91 Å². The third-order valence-electron chi connectivity index (χ3n) is 5.68. The second-order valence-corrected chi connectivity index (χ2v) is 9.94. The molecule has 3 aromatic rings. The Balaban J connectivity index is 1.79. The van der Waals surface area contributed by atoms with Gasteiger partial charge in [-0.05, 0) is 48.9 Å². The topological polar surface area (TPSA) is 178 Å². The molecule has 1 aromatic carbocycles. The number of nitriles is 1. The van der Waals surface area contributed by atoms with E-state index in [2.05, 4.69) is 25.7 Å². The highest BCUT2D eigenvalue weighted by molar-refractivity contribution is 7.86. The number of carbonyl (C=O) groups is 2. The number of aromatic nitrogens is 2. The van der Waals surface area contributed by atoms with Crippen LogP contribution in [0.25, 0.3) is 0 Å². The normalized spacial score (nSPS) is 15.0. The second-order valence-electron chi connectivity index (χ2n) is 8.14. The van der Waals surface area contributed by atoms with Gasteiger partial charge in [-0.3, -0.25) is 19.1 Å². The van der Waals surface area contributed by atoms with Gasteiger partial charge < -0.3 is 10.6 Å². The largest absolute Gasteiger partial charge is 0.355 e. The van der Waals surface area contributed by atoms with E-state index < -0.39 is 32.9 Å². The van der Waals surface area contributed by atoms with E-state index in [-0.39, 0.29) is 45.5 Å². The van der Waals surface area contributed by atoms with Gasteiger partial charge in [-0.15, -0.1) is 0 Å². The molecule has 0 saturated heterocycles. The summed E-state index contributed by atoms with van der Waals surface area (Å²) >= 11 is 6.34. The van der Waals surface area contributed by atoms with E-state index in [4.69, 9.17) is 11.6 Å². The number of aryl methyl sites for hydroxylation is 1. The van der Waals surface area contributed by atoms with Crippen molar-refractivity contribution in [2.24, 2.45) is 5.10 Å². The molecule has 0 fully saturated rings. The Labute approximate surface area is 222 Å². The molecule has 194 valence electrons. The third-order valence-corrected chi connectivity index (χ3v) is 6.86. The van der Waals surface area contributed by atoms with Gasteiger partial charge in [0.15, 0.2) is 5.82 Å². The zero-order valence-electron chi connectivity index (χ0n) is 20.0. The van der Waals surface area contributed by atoms with Crippen LogP contribution in [0, 0.1) is 18.3 Å². The van der Waals surface area contributed by atoms with Gasteiger partial charge in [0.25, 0.3) is 16.0 Å². The molecule has 14 heteroatoms. The van der Waals surface area contributed by atoms with Crippen LogP contribution >= 0.6 is 11.6 Å². The van der Waals surface area contributed by atoms with Crippen molar-refractivity contribution in [1.82, 2.24) is 15.3 Å². The molecule has 2 aromatic heterocycles. The number of halogens is 1. The van der Waals surface area contributed by atoms with Gasteiger partial charge in [0, 0.05) is 25.9 Å². The first-order valence-electron chi connectivity index (χ1n) is 11.0. The van der Waals surface area contributed by atoms with Crippen molar-refractivity contribution in [1.29, 1.82) is 5.26 Å². The Morgan fingerprint density at radius 1 is 1.21 bits per heavy atom. The van der Waals surface area contributed by atoms with Crippen molar-refractivity contribution in [3.05, 3.63) is 76.2 Å². The van der Waals surface area contributed by atoms with Crippen LogP contribution in [0.4, 0.5) is 11.5 Å². The monoisotopic (exact) mass is 553 g/mol. The van der Waals surface area contributed by atoms with E-state index in [1.807, 2.05) is 6.07 Å². The van der Waals surface area contributed by atoms with Gasteiger partial charge in [-0.1, -0.05) is 11.6 Å². The zero-order chi connectivity index (χ0) is 27.6. The van der Waals surface area contributed by atoms with Crippen LogP contribution in [0.1, 0.15) is 33.6 Å². The van der Waals surface area contributed by atoms with Crippen LogP contribution in [-0.4, -0.2) is 53.6 Å². The number of amides is 2. The van der Waals surface area contributed by atoms with E-state index in [9.17, 15) is 27.8 Å². The number of benzene rings is 1. The van der Waals surface area contributed by atoms with Gasteiger partial charge >= 0.3 is 0 Å². The van der Waals surface area contributed by atoms with E-state index in [1.54, 1.807) is 19.1 Å². The van der Waals surface area contributed by atoms with Crippen molar-refractivity contribution in [3.63, 3.8) is 0 Å². The summed E-state index contributed by atoms with van der Waals surface area (Å²) in [5.74, 6) is -1.01. The number of rotatable bonds is 6. The molecule has 0 spiro atoms. The molecule has 1 aliphatic rings. The Morgan fingerprint density at radius 3 is 2.58 bits per heavy atom. The lowest BCUT2D eigenvalue weighted by atomic mass is 10.0. The fourth-order valence-electron chi connectivity index (χ4n) is 3.95. The number of hydrogen-bond donors (Lipinski definition) is 3. The van der Waals surface area contributed by atoms with Gasteiger partial charge in [0.05, 0.1) is 33.6 Å². The molecule has 0 radical (unpaired) electrons. The quantitative estimate of drug-likeness (QED) is 0.387. The molecule has 3 N–H and O–H groups in total. The molecule has 0 aliphatic carbocycles. The molecule has 2 amide bonds. The SMILES string of the molecule is CNC(=O)c1cc(C#N)cc(C)c1NC(=O)C1CC(c2ncccc2S(=O)(=O)O)=NN1c1ncccc1Cl. The molecule has 0 saturated carbocycles. The van der Waals surface area contributed by atoms with E-state index >= 15 is 0 Å². The fourth-order valence-corrected chi connectivity index (χ4v) is 4.83. The highest BCUT2D eigenvalue weighted by Gasteiger charge is 2.38. The molecule has 4 rings (SSSR count). The Bertz CT molecular complexity index is 1640. The molecule has 1 atom stereocenters. The van der Waals surface area contributed by atoms with Crippen molar-refractivity contribution in [2.45, 2.75) is 24.3 Å². The maximum absolute atomic E-state index is 13.7. The van der Waals surface area contributed by atoms with Gasteiger partial charge in [-0.2, -0.15) is 18.8 Å². The number of hydrogen-bond acceptors (Lipinski definition) is 9. The Kier molecular flexibility index (Phi) is 7.40. The smallest absolute Gasteiger partial charge is 0.296 e. The molecular weight excluding hydrogens is 534 g/mol. The first-order valence-corrected chi connectivity index (χ1v) is 12.8. The number of carbonyl (C=O) groups excluding carboxylic acids is 2. The molecular formula is C24H20ClN7O5S. The molecule has 38 heavy (non-hydrogen) atoms. The lowest BCUT2D eigenvalue weighted by molar-refractivity contribution is -0.117. The minimum atomic E-state index is -4.65. The summed E-state index contributed by atoms with van der Waals surface area (Å²) in [6.45, 7) is 1.64. The van der Waals surface area contributed by atoms with Crippen LogP contribution in [-0.2, 0) is 14.9 Å². The van der Waals surface area contributed by atoms with Crippen LogP contribution in [0.3, 0.4) is 0 Å². The number of nitrogens with zero attached hydrogens (tertiary/aromatic N) is 5.